The van der Waals surface area contributed by atoms with Crippen LogP contribution in [0.25, 0.3) is 0 Å². The number of ether oxygens (including phenoxy) is 2. The maximum absolute atomic E-state index is 12.9. The summed E-state index contributed by atoms with van der Waals surface area (Å²) in [6, 6.07) is 6.23. The smallest absolute Gasteiger partial charge is 0.260 e. The van der Waals surface area contributed by atoms with Crippen molar-refractivity contribution >= 4 is 38.2 Å². The molecule has 1 saturated heterocycles. The summed E-state index contributed by atoms with van der Waals surface area (Å²) in [7, 11) is -2.39. The molecule has 2 heterocycles. The van der Waals surface area contributed by atoms with Gasteiger partial charge in [-0.1, -0.05) is 6.07 Å². The number of aryl methyl sites for hydroxylation is 1. The number of rotatable bonds is 6. The third-order valence-electron chi connectivity index (χ3n) is 4.37. The first-order chi connectivity index (χ1) is 13.7. The second kappa shape index (κ2) is 8.49. The van der Waals surface area contributed by atoms with E-state index in [1.165, 1.54) is 17.5 Å². The van der Waals surface area contributed by atoms with E-state index in [1.807, 2.05) is 6.92 Å². The molecular formula is C18H21N3O6S2. The summed E-state index contributed by atoms with van der Waals surface area (Å²) in [6.45, 7) is 2.88. The minimum atomic E-state index is -3.83. The number of hydrogen-bond donors (Lipinski definition) is 2. The van der Waals surface area contributed by atoms with E-state index in [0.29, 0.717) is 19.0 Å². The first-order valence-electron chi connectivity index (χ1n) is 8.71. The summed E-state index contributed by atoms with van der Waals surface area (Å²) in [5.74, 6) is -1.02. The third-order valence-corrected chi connectivity index (χ3v) is 7.77. The highest BCUT2D eigenvalue weighted by Crippen LogP contribution is 2.34. The number of thiophene rings is 1. The van der Waals surface area contributed by atoms with Crippen molar-refractivity contribution in [3.63, 3.8) is 0 Å². The highest BCUT2D eigenvalue weighted by atomic mass is 32.2. The van der Waals surface area contributed by atoms with Crippen LogP contribution in [0.4, 0.5) is 5.00 Å². The predicted molar refractivity (Wildman–Crippen MR) is 108 cm³/mol. The van der Waals surface area contributed by atoms with Crippen LogP contribution >= 0.6 is 11.3 Å². The lowest BCUT2D eigenvalue weighted by atomic mass is 10.1. The molecule has 1 aromatic heterocycles. The predicted octanol–water partition coefficient (Wildman–Crippen LogP) is 1.44. The molecule has 9 nitrogen and oxygen atoms in total. The lowest BCUT2D eigenvalue weighted by Gasteiger charge is -2.25. The zero-order valence-corrected chi connectivity index (χ0v) is 17.6. The first kappa shape index (κ1) is 21.2. The van der Waals surface area contributed by atoms with E-state index in [4.69, 9.17) is 15.2 Å². The lowest BCUT2D eigenvalue weighted by Crippen LogP contribution is -2.40. The van der Waals surface area contributed by atoms with E-state index in [1.54, 1.807) is 18.2 Å². The van der Waals surface area contributed by atoms with Gasteiger partial charge in [-0.3, -0.25) is 9.59 Å². The number of methoxy groups -OCH3 is 1. The molecule has 2 aromatic rings. The molecular weight excluding hydrogens is 418 g/mol. The highest BCUT2D eigenvalue weighted by molar-refractivity contribution is 7.91. The second-order valence-corrected chi connectivity index (χ2v) is 9.56. The Morgan fingerprint density at radius 3 is 2.52 bits per heavy atom. The molecule has 3 rings (SSSR count). The number of morpholine rings is 1. The van der Waals surface area contributed by atoms with E-state index in [-0.39, 0.29) is 33.4 Å². The maximum atomic E-state index is 12.9. The molecule has 0 spiro atoms. The van der Waals surface area contributed by atoms with Crippen molar-refractivity contribution in [1.82, 2.24) is 4.31 Å². The zero-order valence-electron chi connectivity index (χ0n) is 15.9. The van der Waals surface area contributed by atoms with Crippen LogP contribution < -0.4 is 15.8 Å². The molecule has 0 atom stereocenters. The number of primary amides is 1. The molecule has 1 aliphatic heterocycles. The second-order valence-electron chi connectivity index (χ2n) is 6.35. The Balaban J connectivity index is 1.93. The molecule has 1 fully saturated rings. The van der Waals surface area contributed by atoms with Crippen LogP contribution in [0, 0.1) is 6.92 Å². The highest BCUT2D eigenvalue weighted by Gasteiger charge is 2.30. The van der Waals surface area contributed by atoms with Crippen molar-refractivity contribution in [2.24, 2.45) is 5.73 Å². The Kier molecular flexibility index (Phi) is 6.22. The van der Waals surface area contributed by atoms with Crippen LogP contribution in [0.2, 0.25) is 0 Å². The van der Waals surface area contributed by atoms with Gasteiger partial charge in [0, 0.05) is 13.1 Å². The van der Waals surface area contributed by atoms with Crippen LogP contribution in [0.15, 0.2) is 28.5 Å². The molecule has 1 aliphatic rings. The van der Waals surface area contributed by atoms with Crippen molar-refractivity contribution in [3.05, 3.63) is 41.0 Å². The van der Waals surface area contributed by atoms with Crippen molar-refractivity contribution in [3.8, 4) is 5.75 Å². The van der Waals surface area contributed by atoms with E-state index >= 15 is 0 Å². The van der Waals surface area contributed by atoms with Gasteiger partial charge in [0.1, 0.15) is 15.0 Å². The quantitative estimate of drug-likeness (QED) is 0.701. The van der Waals surface area contributed by atoms with Crippen LogP contribution in [-0.4, -0.2) is 58.0 Å². The summed E-state index contributed by atoms with van der Waals surface area (Å²) in [4.78, 5) is 24.6. The fourth-order valence-corrected chi connectivity index (χ4v) is 5.77. The van der Waals surface area contributed by atoms with Crippen LogP contribution in [0.1, 0.15) is 26.3 Å². The lowest BCUT2D eigenvalue weighted by molar-refractivity contribution is 0.0731. The molecule has 0 aliphatic carbocycles. The van der Waals surface area contributed by atoms with E-state index in [0.717, 1.165) is 16.9 Å². The molecule has 0 saturated carbocycles. The van der Waals surface area contributed by atoms with Gasteiger partial charge in [-0.15, -0.1) is 11.3 Å². The van der Waals surface area contributed by atoms with Gasteiger partial charge in [0.2, 0.25) is 0 Å². The van der Waals surface area contributed by atoms with Crippen molar-refractivity contribution in [2.45, 2.75) is 11.1 Å². The van der Waals surface area contributed by atoms with Gasteiger partial charge in [0.05, 0.1) is 31.5 Å². The molecule has 0 unspecified atom stereocenters. The van der Waals surface area contributed by atoms with Crippen molar-refractivity contribution < 1.29 is 27.5 Å². The van der Waals surface area contributed by atoms with Gasteiger partial charge in [0.25, 0.3) is 21.8 Å². The number of nitrogens with zero attached hydrogens (tertiary/aromatic N) is 1. The first-order valence-corrected chi connectivity index (χ1v) is 11.0. The third kappa shape index (κ3) is 4.42. The van der Waals surface area contributed by atoms with E-state index in [2.05, 4.69) is 5.32 Å². The molecule has 156 valence electrons. The molecule has 2 amide bonds. The fraction of sp³-hybridized carbons (Fsp3) is 0.333. The largest absolute Gasteiger partial charge is 0.496 e. The SMILES string of the molecule is COc1cc(C)ccc1C(=O)Nc1sc(S(=O)(=O)N2CCOCC2)cc1C(N)=O. The summed E-state index contributed by atoms with van der Waals surface area (Å²) in [5, 5.41) is 2.66. The van der Waals surface area contributed by atoms with Gasteiger partial charge in [-0.25, -0.2) is 8.42 Å². The Labute approximate surface area is 172 Å². The summed E-state index contributed by atoms with van der Waals surface area (Å²) in [6.07, 6.45) is 0. The normalized spacial score (nSPS) is 15.1. The number of hydrogen-bond acceptors (Lipinski definition) is 7. The molecule has 29 heavy (non-hydrogen) atoms. The zero-order chi connectivity index (χ0) is 21.2. The molecule has 0 radical (unpaired) electrons. The maximum Gasteiger partial charge on any atom is 0.260 e. The average Bonchev–Trinajstić information content (AvgIpc) is 3.13. The monoisotopic (exact) mass is 439 g/mol. The number of anilines is 1. The Bertz CT molecular complexity index is 1040. The van der Waals surface area contributed by atoms with Crippen LogP contribution in [-0.2, 0) is 14.8 Å². The Hall–Kier alpha value is -2.47. The summed E-state index contributed by atoms with van der Waals surface area (Å²) >= 11 is 0.784. The van der Waals surface area contributed by atoms with Crippen molar-refractivity contribution in [2.75, 3.05) is 38.7 Å². The number of carbonyl (C=O) groups is 2. The fourth-order valence-electron chi connectivity index (χ4n) is 2.84. The van der Waals surface area contributed by atoms with Gasteiger partial charge in [-0.2, -0.15) is 4.31 Å². The van der Waals surface area contributed by atoms with Crippen LogP contribution in [0.3, 0.4) is 0 Å². The summed E-state index contributed by atoms with van der Waals surface area (Å²) in [5.41, 5.74) is 6.49. The number of benzene rings is 1. The van der Waals surface area contributed by atoms with Gasteiger partial charge in [0.15, 0.2) is 0 Å². The van der Waals surface area contributed by atoms with Gasteiger partial charge < -0.3 is 20.5 Å². The molecule has 3 N–H and O–H groups in total. The Morgan fingerprint density at radius 2 is 1.90 bits per heavy atom. The van der Waals surface area contributed by atoms with Gasteiger partial charge >= 0.3 is 0 Å². The average molecular weight is 440 g/mol. The van der Waals surface area contributed by atoms with E-state index < -0.39 is 21.8 Å². The molecule has 11 heteroatoms. The van der Waals surface area contributed by atoms with Gasteiger partial charge in [-0.05, 0) is 30.7 Å². The minimum Gasteiger partial charge on any atom is -0.496 e. The number of carbonyl (C=O) groups excluding carboxylic acids is 2. The molecule has 1 aromatic carbocycles. The standard InChI is InChI=1S/C18H21N3O6S2/c1-11-3-4-12(14(9-11)26-2)17(23)20-18-13(16(19)22)10-15(28-18)29(24,25)21-5-7-27-8-6-21/h3-4,9-10H,5-8H2,1-2H3,(H2,19,22)(H,20,23). The topological polar surface area (TPSA) is 128 Å². The number of sulfonamides is 1. The van der Waals surface area contributed by atoms with E-state index in [9.17, 15) is 18.0 Å². The molecule has 0 bridgehead atoms. The van der Waals surface area contributed by atoms with Crippen LogP contribution in [0.5, 0.6) is 5.75 Å². The number of nitrogens with one attached hydrogen (secondary N) is 1. The minimum absolute atomic E-state index is 0.0666. The number of nitrogens with two attached hydrogens (primary N) is 1. The Morgan fingerprint density at radius 1 is 1.21 bits per heavy atom. The van der Waals surface area contributed by atoms with Crippen molar-refractivity contribution in [1.29, 1.82) is 0 Å². The summed E-state index contributed by atoms with van der Waals surface area (Å²) < 4.78 is 37.4. The number of amides is 2.